The van der Waals surface area contributed by atoms with Crippen molar-refractivity contribution in [3.05, 3.63) is 102 Å². The number of carbonyl (C=O) groups excluding carboxylic acids is 1. The molecule has 3 heterocycles. The second-order valence-corrected chi connectivity index (χ2v) is 6.94. The molecule has 0 aliphatic heterocycles. The van der Waals surface area contributed by atoms with Gasteiger partial charge < -0.3 is 14.0 Å². The first-order chi connectivity index (χ1) is 14.7. The average Bonchev–Trinajstić information content (AvgIpc) is 3.20. The first-order valence-electron chi connectivity index (χ1n) is 9.65. The zero-order chi connectivity index (χ0) is 20.8. The summed E-state index contributed by atoms with van der Waals surface area (Å²) < 4.78 is 7.79. The summed E-state index contributed by atoms with van der Waals surface area (Å²) in [6.45, 7) is 0.918. The molecule has 30 heavy (non-hydrogen) atoms. The largest absolute Gasteiger partial charge is 0.487 e. The Balaban J connectivity index is 1.31. The van der Waals surface area contributed by atoms with Gasteiger partial charge in [0.1, 0.15) is 18.0 Å². The lowest BCUT2D eigenvalue weighted by atomic mass is 10.2. The SMILES string of the molecule is CN(Cc1cccnc1)C(=O)C=Cc1ccc(OCc2cn3ccccc3n2)cc1. The number of hydrogen-bond acceptors (Lipinski definition) is 4. The lowest BCUT2D eigenvalue weighted by Crippen LogP contribution is -2.24. The predicted octanol–water partition coefficient (Wildman–Crippen LogP) is 3.98. The number of benzene rings is 1. The molecule has 0 radical (unpaired) electrons. The molecular weight excluding hydrogens is 376 g/mol. The van der Waals surface area contributed by atoms with Gasteiger partial charge >= 0.3 is 0 Å². The second kappa shape index (κ2) is 9.05. The van der Waals surface area contributed by atoms with Crippen molar-refractivity contribution in [2.75, 3.05) is 7.05 Å². The van der Waals surface area contributed by atoms with E-state index >= 15 is 0 Å². The van der Waals surface area contributed by atoms with Crippen LogP contribution in [0.3, 0.4) is 0 Å². The lowest BCUT2D eigenvalue weighted by molar-refractivity contribution is -0.125. The number of carbonyl (C=O) groups is 1. The zero-order valence-corrected chi connectivity index (χ0v) is 16.7. The van der Waals surface area contributed by atoms with Gasteiger partial charge in [-0.15, -0.1) is 0 Å². The first kappa shape index (κ1) is 19.4. The van der Waals surface area contributed by atoms with Crippen LogP contribution in [-0.4, -0.2) is 32.2 Å². The molecule has 0 saturated heterocycles. The minimum atomic E-state index is -0.0639. The number of likely N-dealkylation sites (N-methyl/N-ethyl adjacent to an activating group) is 1. The molecule has 0 unspecified atom stereocenters. The van der Waals surface area contributed by atoms with Gasteiger partial charge in [-0.05, 0) is 47.5 Å². The van der Waals surface area contributed by atoms with Crippen molar-refractivity contribution >= 4 is 17.6 Å². The number of hydrogen-bond donors (Lipinski definition) is 0. The molecule has 150 valence electrons. The fraction of sp³-hybridized carbons (Fsp3) is 0.125. The Labute approximate surface area is 175 Å². The molecule has 0 aliphatic carbocycles. The van der Waals surface area contributed by atoms with Crippen molar-refractivity contribution in [3.63, 3.8) is 0 Å². The Morgan fingerprint density at radius 1 is 1.13 bits per heavy atom. The van der Waals surface area contributed by atoms with Crippen LogP contribution in [0.15, 0.2) is 85.5 Å². The zero-order valence-electron chi connectivity index (χ0n) is 16.7. The van der Waals surface area contributed by atoms with Gasteiger partial charge in [-0.2, -0.15) is 0 Å². The predicted molar refractivity (Wildman–Crippen MR) is 116 cm³/mol. The molecular formula is C24H22N4O2. The van der Waals surface area contributed by atoms with E-state index in [2.05, 4.69) is 9.97 Å². The van der Waals surface area contributed by atoms with Gasteiger partial charge in [-0.1, -0.05) is 24.3 Å². The fourth-order valence-corrected chi connectivity index (χ4v) is 3.03. The first-order valence-corrected chi connectivity index (χ1v) is 9.65. The maximum absolute atomic E-state index is 12.3. The van der Waals surface area contributed by atoms with Crippen LogP contribution in [0.25, 0.3) is 11.7 Å². The smallest absolute Gasteiger partial charge is 0.246 e. The molecule has 0 saturated carbocycles. The molecule has 6 heteroatoms. The summed E-state index contributed by atoms with van der Waals surface area (Å²) in [5.41, 5.74) is 3.69. The van der Waals surface area contributed by atoms with Crippen LogP contribution in [0.1, 0.15) is 16.8 Å². The van der Waals surface area contributed by atoms with E-state index in [0.29, 0.717) is 13.2 Å². The molecule has 0 bridgehead atoms. The minimum Gasteiger partial charge on any atom is -0.487 e. The highest BCUT2D eigenvalue weighted by Gasteiger charge is 2.06. The van der Waals surface area contributed by atoms with Gasteiger partial charge in [0, 0.05) is 44.5 Å². The highest BCUT2D eigenvalue weighted by molar-refractivity contribution is 5.91. The van der Waals surface area contributed by atoms with Crippen LogP contribution in [-0.2, 0) is 17.9 Å². The van der Waals surface area contributed by atoms with Gasteiger partial charge in [0.25, 0.3) is 0 Å². The number of fused-ring (bicyclic) bond motifs is 1. The molecule has 0 N–H and O–H groups in total. The Bertz CT molecular complexity index is 1120. The normalized spacial score (nSPS) is 11.1. The lowest BCUT2D eigenvalue weighted by Gasteiger charge is -2.14. The standard InChI is InChI=1S/C24H22N4O2/c1-27(16-20-5-4-13-25-15-20)24(29)12-9-19-7-10-22(11-8-19)30-18-21-17-28-14-3-2-6-23(28)26-21/h2-15,17H,16,18H2,1H3. The molecule has 0 spiro atoms. The maximum Gasteiger partial charge on any atom is 0.246 e. The number of aromatic nitrogens is 3. The van der Waals surface area contributed by atoms with Crippen molar-refractivity contribution in [3.8, 4) is 5.75 Å². The van der Waals surface area contributed by atoms with E-state index in [4.69, 9.17) is 4.74 Å². The van der Waals surface area contributed by atoms with Crippen LogP contribution in [0.5, 0.6) is 5.75 Å². The van der Waals surface area contributed by atoms with E-state index in [0.717, 1.165) is 28.2 Å². The average molecular weight is 398 g/mol. The highest BCUT2D eigenvalue weighted by atomic mass is 16.5. The third kappa shape index (κ3) is 4.91. The van der Waals surface area contributed by atoms with Gasteiger partial charge in [0.15, 0.2) is 0 Å². The Hall–Kier alpha value is -3.93. The van der Waals surface area contributed by atoms with E-state index in [1.165, 1.54) is 0 Å². The molecule has 1 aromatic carbocycles. The molecule has 6 nitrogen and oxygen atoms in total. The maximum atomic E-state index is 12.3. The van der Waals surface area contributed by atoms with Crippen LogP contribution in [0.2, 0.25) is 0 Å². The molecule has 3 aromatic heterocycles. The number of rotatable bonds is 7. The highest BCUT2D eigenvalue weighted by Crippen LogP contribution is 2.15. The summed E-state index contributed by atoms with van der Waals surface area (Å²) in [4.78, 5) is 22.6. The van der Waals surface area contributed by atoms with Crippen LogP contribution < -0.4 is 4.74 Å². The second-order valence-electron chi connectivity index (χ2n) is 6.94. The van der Waals surface area contributed by atoms with Gasteiger partial charge in [0.05, 0.1) is 5.69 Å². The van der Waals surface area contributed by atoms with Crippen molar-refractivity contribution in [1.82, 2.24) is 19.3 Å². The van der Waals surface area contributed by atoms with Gasteiger partial charge in [-0.25, -0.2) is 4.98 Å². The van der Waals surface area contributed by atoms with E-state index in [-0.39, 0.29) is 5.91 Å². The van der Waals surface area contributed by atoms with Crippen molar-refractivity contribution < 1.29 is 9.53 Å². The molecule has 1 amide bonds. The third-order valence-electron chi connectivity index (χ3n) is 4.62. The summed E-state index contributed by atoms with van der Waals surface area (Å²) in [5.74, 6) is 0.690. The van der Waals surface area contributed by atoms with E-state index in [9.17, 15) is 4.79 Å². The third-order valence-corrected chi connectivity index (χ3v) is 4.62. The van der Waals surface area contributed by atoms with E-state index in [1.54, 1.807) is 36.5 Å². The van der Waals surface area contributed by atoms with Crippen LogP contribution >= 0.6 is 0 Å². The summed E-state index contributed by atoms with van der Waals surface area (Å²) in [7, 11) is 1.77. The van der Waals surface area contributed by atoms with Gasteiger partial charge in [-0.3, -0.25) is 9.78 Å². The molecule has 0 atom stereocenters. The van der Waals surface area contributed by atoms with Crippen molar-refractivity contribution in [2.24, 2.45) is 0 Å². The fourth-order valence-electron chi connectivity index (χ4n) is 3.03. The van der Waals surface area contributed by atoms with E-state index < -0.39 is 0 Å². The monoisotopic (exact) mass is 398 g/mol. The number of imidazole rings is 1. The molecule has 4 rings (SSSR count). The van der Waals surface area contributed by atoms with Crippen molar-refractivity contribution in [2.45, 2.75) is 13.2 Å². The van der Waals surface area contributed by atoms with Crippen LogP contribution in [0.4, 0.5) is 0 Å². The molecule has 0 aliphatic rings. The topological polar surface area (TPSA) is 59.7 Å². The Kier molecular flexibility index (Phi) is 5.85. The summed E-state index contributed by atoms with van der Waals surface area (Å²) in [6, 6.07) is 17.3. The molecule has 0 fully saturated rings. The quantitative estimate of drug-likeness (QED) is 0.442. The van der Waals surface area contributed by atoms with E-state index in [1.807, 2.05) is 71.4 Å². The summed E-state index contributed by atoms with van der Waals surface area (Å²) >= 11 is 0. The van der Waals surface area contributed by atoms with Gasteiger partial charge in [0.2, 0.25) is 5.91 Å². The number of amides is 1. The number of ether oxygens (including phenoxy) is 1. The summed E-state index contributed by atoms with van der Waals surface area (Å²) in [6.07, 6.45) is 10.8. The van der Waals surface area contributed by atoms with Crippen LogP contribution in [0, 0.1) is 0 Å². The minimum absolute atomic E-state index is 0.0639. The molecule has 4 aromatic rings. The van der Waals surface area contributed by atoms with Crippen molar-refractivity contribution in [1.29, 1.82) is 0 Å². The Morgan fingerprint density at radius 3 is 2.77 bits per heavy atom. The number of nitrogens with zero attached hydrogens (tertiary/aromatic N) is 4. The Morgan fingerprint density at radius 2 is 2.00 bits per heavy atom. The number of pyridine rings is 2. The summed E-state index contributed by atoms with van der Waals surface area (Å²) in [5, 5.41) is 0.